The molecule has 1 aliphatic rings. The molecule has 2 aromatic rings. The number of rotatable bonds is 10. The van der Waals surface area contributed by atoms with Crippen molar-refractivity contribution < 1.29 is 4.74 Å². The van der Waals surface area contributed by atoms with Crippen LogP contribution in [-0.2, 0) is 19.4 Å². The number of thiazole rings is 1. The van der Waals surface area contributed by atoms with E-state index in [2.05, 4.69) is 39.4 Å². The van der Waals surface area contributed by atoms with Crippen LogP contribution in [0.3, 0.4) is 0 Å². The summed E-state index contributed by atoms with van der Waals surface area (Å²) < 4.78 is 5.68. The summed E-state index contributed by atoms with van der Waals surface area (Å²) in [6.45, 7) is 7.25. The Labute approximate surface area is 188 Å². The predicted molar refractivity (Wildman–Crippen MR) is 126 cm³/mol. The molecule has 1 aliphatic carbocycles. The highest BCUT2D eigenvalue weighted by Crippen LogP contribution is 2.29. The minimum atomic E-state index is 0. The number of hydrogen-bond donors (Lipinski definition) is 2. The second-order valence-electron chi connectivity index (χ2n) is 6.70. The summed E-state index contributed by atoms with van der Waals surface area (Å²) in [6, 6.07) is 3.96. The molecule has 0 saturated heterocycles. The summed E-state index contributed by atoms with van der Waals surface area (Å²) in [7, 11) is 0. The lowest BCUT2D eigenvalue weighted by molar-refractivity contribution is 0.288. The fourth-order valence-corrected chi connectivity index (χ4v) is 3.37. The quantitative estimate of drug-likeness (QED) is 0.286. The van der Waals surface area contributed by atoms with Gasteiger partial charge in [-0.2, -0.15) is 0 Å². The van der Waals surface area contributed by atoms with Crippen LogP contribution in [0.5, 0.6) is 5.88 Å². The molecule has 2 N–H and O–H groups in total. The Kier molecular flexibility index (Phi) is 9.97. The van der Waals surface area contributed by atoms with E-state index < -0.39 is 0 Å². The lowest BCUT2D eigenvalue weighted by Crippen LogP contribution is -2.38. The Morgan fingerprint density at radius 3 is 2.71 bits per heavy atom. The lowest BCUT2D eigenvalue weighted by Gasteiger charge is -2.10. The van der Waals surface area contributed by atoms with Gasteiger partial charge in [-0.25, -0.2) is 15.0 Å². The molecular weight excluding hydrogens is 485 g/mol. The molecule has 0 bridgehead atoms. The third-order valence-corrected chi connectivity index (χ3v) is 5.51. The zero-order chi connectivity index (χ0) is 18.9. The minimum Gasteiger partial charge on any atom is -0.477 e. The molecule has 0 spiro atoms. The molecule has 28 heavy (non-hydrogen) atoms. The topological polar surface area (TPSA) is 71.4 Å². The lowest BCUT2D eigenvalue weighted by atomic mass is 10.3. The Balaban J connectivity index is 0.00000280. The third kappa shape index (κ3) is 7.90. The van der Waals surface area contributed by atoms with E-state index in [0.717, 1.165) is 50.0 Å². The van der Waals surface area contributed by atoms with Crippen molar-refractivity contribution in [1.29, 1.82) is 0 Å². The number of halogens is 1. The van der Waals surface area contributed by atoms with Crippen LogP contribution in [0, 0.1) is 5.92 Å². The second-order valence-corrected chi connectivity index (χ2v) is 7.90. The van der Waals surface area contributed by atoms with Gasteiger partial charge in [0.15, 0.2) is 5.96 Å². The molecule has 0 aliphatic heterocycles. The van der Waals surface area contributed by atoms with Crippen molar-refractivity contribution in [3.8, 4) is 5.88 Å². The van der Waals surface area contributed by atoms with E-state index in [9.17, 15) is 0 Å². The van der Waals surface area contributed by atoms with Gasteiger partial charge in [-0.3, -0.25) is 0 Å². The number of aliphatic imine (C=N–C) groups is 1. The molecule has 1 fully saturated rings. The molecule has 0 aromatic carbocycles. The van der Waals surface area contributed by atoms with E-state index in [1.807, 2.05) is 24.5 Å². The molecule has 8 heteroatoms. The van der Waals surface area contributed by atoms with Crippen molar-refractivity contribution in [3.63, 3.8) is 0 Å². The van der Waals surface area contributed by atoms with E-state index in [4.69, 9.17) is 4.74 Å². The van der Waals surface area contributed by atoms with Crippen LogP contribution in [0.4, 0.5) is 0 Å². The first-order valence-corrected chi connectivity index (χ1v) is 10.6. The number of aryl methyl sites for hydroxylation is 1. The van der Waals surface area contributed by atoms with Crippen LogP contribution in [0.25, 0.3) is 0 Å². The van der Waals surface area contributed by atoms with Gasteiger partial charge in [0, 0.05) is 42.8 Å². The monoisotopic (exact) mass is 515 g/mol. The van der Waals surface area contributed by atoms with E-state index in [1.54, 1.807) is 11.3 Å². The minimum absolute atomic E-state index is 0. The summed E-state index contributed by atoms with van der Waals surface area (Å²) in [4.78, 5) is 14.8. The SMILES string of the molecule is CCNC(=NCc1ccc(OCC2CC2)nc1)NCCc1ncc(CC)s1.I. The van der Waals surface area contributed by atoms with Gasteiger partial charge in [0.25, 0.3) is 0 Å². The Morgan fingerprint density at radius 1 is 1.21 bits per heavy atom. The third-order valence-electron chi connectivity index (χ3n) is 4.31. The highest BCUT2D eigenvalue weighted by atomic mass is 127. The maximum absolute atomic E-state index is 5.68. The van der Waals surface area contributed by atoms with Crippen LogP contribution in [-0.4, -0.2) is 35.6 Å². The molecule has 6 nitrogen and oxygen atoms in total. The van der Waals surface area contributed by atoms with Crippen LogP contribution in [0.15, 0.2) is 29.5 Å². The van der Waals surface area contributed by atoms with Crippen molar-refractivity contribution in [2.75, 3.05) is 19.7 Å². The Bertz CT molecular complexity index is 730. The molecule has 1 saturated carbocycles. The molecule has 3 rings (SSSR count). The number of nitrogens with zero attached hydrogens (tertiary/aromatic N) is 3. The maximum atomic E-state index is 5.68. The molecule has 2 heterocycles. The van der Waals surface area contributed by atoms with Crippen molar-refractivity contribution in [3.05, 3.63) is 40.0 Å². The molecule has 154 valence electrons. The highest BCUT2D eigenvalue weighted by molar-refractivity contribution is 14.0. The number of nitrogens with one attached hydrogen (secondary N) is 2. The largest absolute Gasteiger partial charge is 0.477 e. The summed E-state index contributed by atoms with van der Waals surface area (Å²) in [5.74, 6) is 2.26. The smallest absolute Gasteiger partial charge is 0.213 e. The Hall–Kier alpha value is -1.42. The normalized spacial score (nSPS) is 13.7. The zero-order valence-electron chi connectivity index (χ0n) is 16.6. The van der Waals surface area contributed by atoms with Gasteiger partial charge in [0.05, 0.1) is 18.2 Å². The molecule has 2 aromatic heterocycles. The van der Waals surface area contributed by atoms with E-state index >= 15 is 0 Å². The van der Waals surface area contributed by atoms with Crippen LogP contribution < -0.4 is 15.4 Å². The van der Waals surface area contributed by atoms with Crippen molar-refractivity contribution >= 4 is 41.3 Å². The molecule has 0 radical (unpaired) electrons. The molecule has 0 amide bonds. The van der Waals surface area contributed by atoms with Gasteiger partial charge in [0.2, 0.25) is 5.88 Å². The number of aromatic nitrogens is 2. The van der Waals surface area contributed by atoms with Crippen LogP contribution in [0.2, 0.25) is 0 Å². The number of pyridine rings is 1. The average Bonchev–Trinajstić information content (AvgIpc) is 3.42. The number of ether oxygens (including phenoxy) is 1. The summed E-state index contributed by atoms with van der Waals surface area (Å²) in [5.41, 5.74) is 1.07. The van der Waals surface area contributed by atoms with Gasteiger partial charge in [0.1, 0.15) is 0 Å². The summed E-state index contributed by atoms with van der Waals surface area (Å²) in [5, 5.41) is 7.83. The molecule has 0 atom stereocenters. The van der Waals surface area contributed by atoms with Gasteiger partial charge in [-0.05, 0) is 37.7 Å². The Morgan fingerprint density at radius 2 is 2.07 bits per heavy atom. The first-order chi connectivity index (χ1) is 13.3. The first kappa shape index (κ1) is 22.9. The zero-order valence-corrected chi connectivity index (χ0v) is 19.8. The van der Waals surface area contributed by atoms with E-state index in [1.165, 1.54) is 22.7 Å². The second kappa shape index (κ2) is 12.2. The van der Waals surface area contributed by atoms with Crippen LogP contribution >= 0.6 is 35.3 Å². The van der Waals surface area contributed by atoms with Crippen molar-refractivity contribution in [1.82, 2.24) is 20.6 Å². The molecule has 0 unspecified atom stereocenters. The van der Waals surface area contributed by atoms with Crippen molar-refractivity contribution in [2.45, 2.75) is 46.1 Å². The fraction of sp³-hybridized carbons (Fsp3) is 0.550. The van der Waals surface area contributed by atoms with Gasteiger partial charge < -0.3 is 15.4 Å². The summed E-state index contributed by atoms with van der Waals surface area (Å²) in [6.07, 6.45) is 8.35. The number of guanidine groups is 1. The first-order valence-electron chi connectivity index (χ1n) is 9.80. The van der Waals surface area contributed by atoms with Gasteiger partial charge in [-0.1, -0.05) is 13.0 Å². The standard InChI is InChI=1S/C20H29N5OS.HI/c1-3-17-13-24-19(27-17)9-10-22-20(21-4-2)25-12-16-7-8-18(23-11-16)26-14-15-5-6-15;/h7-8,11,13,15H,3-6,9-10,12,14H2,1-2H3,(H2,21,22,25);1H. The van der Waals surface area contributed by atoms with E-state index in [0.29, 0.717) is 12.4 Å². The van der Waals surface area contributed by atoms with Crippen LogP contribution in [0.1, 0.15) is 42.1 Å². The van der Waals surface area contributed by atoms with Gasteiger partial charge in [-0.15, -0.1) is 35.3 Å². The van der Waals surface area contributed by atoms with Gasteiger partial charge >= 0.3 is 0 Å². The maximum Gasteiger partial charge on any atom is 0.213 e. The van der Waals surface area contributed by atoms with E-state index in [-0.39, 0.29) is 24.0 Å². The molecular formula is C20H30IN5OS. The number of hydrogen-bond acceptors (Lipinski definition) is 5. The predicted octanol–water partition coefficient (Wildman–Crippen LogP) is 3.81. The average molecular weight is 515 g/mol. The highest BCUT2D eigenvalue weighted by Gasteiger charge is 2.21. The fourth-order valence-electron chi connectivity index (χ4n) is 2.50. The van der Waals surface area contributed by atoms with Crippen molar-refractivity contribution in [2.24, 2.45) is 10.9 Å². The summed E-state index contributed by atoms with van der Waals surface area (Å²) >= 11 is 1.79.